The molecule has 1 aromatic rings. The van der Waals surface area contributed by atoms with Gasteiger partial charge < -0.3 is 14.2 Å². The summed E-state index contributed by atoms with van der Waals surface area (Å²) in [5.74, 6) is -2.96. The van der Waals surface area contributed by atoms with E-state index in [4.69, 9.17) is 21.1 Å². The van der Waals surface area contributed by atoms with Gasteiger partial charge in [-0.25, -0.2) is 13.8 Å². The molecular weight excluding hydrogens is 378 g/mol. The van der Waals surface area contributed by atoms with E-state index in [9.17, 15) is 13.8 Å². The van der Waals surface area contributed by atoms with Crippen molar-refractivity contribution in [2.75, 3.05) is 0 Å². The van der Waals surface area contributed by atoms with Crippen LogP contribution in [0.1, 0.15) is 40.2 Å². The maximum atomic E-state index is 12.5. The molecule has 0 aliphatic carbocycles. The molecule has 0 aromatic heterocycles. The predicted octanol–water partition coefficient (Wildman–Crippen LogP) is 3.02. The van der Waals surface area contributed by atoms with Crippen LogP contribution in [-0.4, -0.2) is 26.7 Å². The molecule has 1 N–H and O–H groups in total. The number of rotatable bonds is 4. The van der Waals surface area contributed by atoms with Gasteiger partial charge in [0, 0.05) is 31.0 Å². The summed E-state index contributed by atoms with van der Waals surface area (Å²) in [6.07, 6.45) is 0.166. The zero-order valence-electron chi connectivity index (χ0n) is 15.3. The van der Waals surface area contributed by atoms with Crippen LogP contribution >= 0.6 is 11.6 Å². The van der Waals surface area contributed by atoms with Gasteiger partial charge in [0.25, 0.3) is 5.79 Å². The number of ether oxygens (including phenoxy) is 2. The Bertz CT molecular complexity index is 756. The molecule has 1 aliphatic rings. The van der Waals surface area contributed by atoms with Gasteiger partial charge in [0.05, 0.1) is 4.75 Å². The number of nitrogens with one attached hydrogen (secondary N) is 1. The molecule has 0 spiro atoms. The number of halogens is 1. The van der Waals surface area contributed by atoms with Gasteiger partial charge in [-0.3, -0.25) is 0 Å². The Morgan fingerprint density at radius 1 is 1.12 bits per heavy atom. The molecule has 142 valence electrons. The molecule has 6 nitrogen and oxygen atoms in total. The number of hydrogen-bond acceptors (Lipinski definition) is 5. The average Bonchev–Trinajstić information content (AvgIpc) is 2.46. The van der Waals surface area contributed by atoms with E-state index in [-0.39, 0.29) is 17.7 Å². The fourth-order valence-electron chi connectivity index (χ4n) is 2.15. The number of allylic oxidation sites excluding steroid dienone is 1. The van der Waals surface area contributed by atoms with E-state index in [1.165, 1.54) is 13.8 Å². The highest BCUT2D eigenvalue weighted by Gasteiger charge is 2.41. The Hall–Kier alpha value is -1.86. The number of carbonyl (C=O) groups is 2. The summed E-state index contributed by atoms with van der Waals surface area (Å²) in [5, 5.41) is 0.562. The second-order valence-corrected chi connectivity index (χ2v) is 9.72. The second-order valence-electron chi connectivity index (χ2n) is 7.32. The molecule has 1 saturated heterocycles. The maximum Gasteiger partial charge on any atom is 0.350 e. The van der Waals surface area contributed by atoms with Gasteiger partial charge in [-0.1, -0.05) is 23.7 Å². The molecule has 8 heteroatoms. The molecule has 2 rings (SSSR count). The van der Waals surface area contributed by atoms with E-state index in [1.54, 1.807) is 45.0 Å². The van der Waals surface area contributed by atoms with Gasteiger partial charge in [0.1, 0.15) is 11.0 Å². The van der Waals surface area contributed by atoms with Crippen LogP contribution in [0.2, 0.25) is 5.02 Å². The van der Waals surface area contributed by atoms with Crippen LogP contribution in [0.5, 0.6) is 0 Å². The minimum absolute atomic E-state index is 0.166. The molecule has 0 bridgehead atoms. The van der Waals surface area contributed by atoms with Crippen molar-refractivity contribution in [3.63, 3.8) is 0 Å². The third-order valence-corrected chi connectivity index (χ3v) is 5.25. The second kappa shape index (κ2) is 7.40. The highest BCUT2D eigenvalue weighted by molar-refractivity contribution is 7.84. The largest absolute Gasteiger partial charge is 0.419 e. The van der Waals surface area contributed by atoms with Crippen molar-refractivity contribution >= 4 is 34.5 Å². The zero-order chi connectivity index (χ0) is 19.7. The monoisotopic (exact) mass is 399 g/mol. The molecule has 0 radical (unpaired) electrons. The van der Waals surface area contributed by atoms with E-state index >= 15 is 0 Å². The van der Waals surface area contributed by atoms with Crippen molar-refractivity contribution in [2.24, 2.45) is 0 Å². The van der Waals surface area contributed by atoms with E-state index in [0.717, 1.165) is 5.56 Å². The normalized spacial score (nSPS) is 18.0. The summed E-state index contributed by atoms with van der Waals surface area (Å²) in [6.45, 7) is 8.28. The van der Waals surface area contributed by atoms with Gasteiger partial charge in [-0.05, 0) is 38.5 Å². The van der Waals surface area contributed by atoms with Crippen LogP contribution in [0.25, 0.3) is 0 Å². The van der Waals surface area contributed by atoms with Crippen molar-refractivity contribution in [1.82, 2.24) is 4.72 Å². The van der Waals surface area contributed by atoms with Crippen molar-refractivity contribution in [3.05, 3.63) is 46.1 Å². The Kier molecular flexibility index (Phi) is 5.82. The first kappa shape index (κ1) is 20.5. The Labute approximate surface area is 160 Å². The zero-order valence-corrected chi connectivity index (χ0v) is 16.9. The Morgan fingerprint density at radius 2 is 1.62 bits per heavy atom. The summed E-state index contributed by atoms with van der Waals surface area (Å²) < 4.78 is 25.1. The van der Waals surface area contributed by atoms with Crippen LogP contribution in [0.4, 0.5) is 0 Å². The van der Waals surface area contributed by atoms with Crippen LogP contribution in [0, 0.1) is 0 Å². The van der Waals surface area contributed by atoms with Crippen LogP contribution < -0.4 is 4.72 Å². The number of esters is 2. The third-order valence-electron chi connectivity index (χ3n) is 3.45. The Balaban J connectivity index is 2.45. The van der Waals surface area contributed by atoms with Gasteiger partial charge in [-0.15, -0.1) is 0 Å². The smallest absolute Gasteiger partial charge is 0.350 e. The molecular formula is C18H22ClNO5S. The number of cyclic esters (lactones) is 2. The average molecular weight is 400 g/mol. The van der Waals surface area contributed by atoms with E-state index < -0.39 is 33.5 Å². The maximum absolute atomic E-state index is 12.5. The quantitative estimate of drug-likeness (QED) is 0.478. The third kappa shape index (κ3) is 5.08. The lowest BCUT2D eigenvalue weighted by Crippen LogP contribution is -2.44. The first-order valence-electron chi connectivity index (χ1n) is 8.02. The van der Waals surface area contributed by atoms with Crippen molar-refractivity contribution in [3.8, 4) is 0 Å². The molecule has 1 fully saturated rings. The van der Waals surface area contributed by atoms with Gasteiger partial charge in [0.15, 0.2) is 5.57 Å². The van der Waals surface area contributed by atoms with E-state index in [0.29, 0.717) is 5.02 Å². The van der Waals surface area contributed by atoms with Crippen molar-refractivity contribution in [2.45, 2.75) is 51.6 Å². The molecule has 1 atom stereocenters. The summed E-state index contributed by atoms with van der Waals surface area (Å²) >= 11 is 5.89. The molecule has 1 aliphatic heterocycles. The lowest BCUT2D eigenvalue weighted by Gasteiger charge is -2.31. The molecule has 1 aromatic carbocycles. The van der Waals surface area contributed by atoms with Crippen LogP contribution in [0.15, 0.2) is 35.5 Å². The highest BCUT2D eigenvalue weighted by Crippen LogP contribution is 2.26. The molecule has 0 amide bonds. The van der Waals surface area contributed by atoms with Gasteiger partial charge >= 0.3 is 11.9 Å². The highest BCUT2D eigenvalue weighted by atomic mass is 35.5. The number of hydrogen-bond donors (Lipinski definition) is 1. The van der Waals surface area contributed by atoms with Gasteiger partial charge in [-0.2, -0.15) is 0 Å². The topological polar surface area (TPSA) is 81.7 Å². The number of carbonyl (C=O) groups excluding carboxylic acids is 2. The number of benzene rings is 1. The lowest BCUT2D eigenvalue weighted by atomic mass is 10.1. The molecule has 0 unspecified atom stereocenters. The minimum atomic E-state index is -1.55. The van der Waals surface area contributed by atoms with Crippen molar-refractivity contribution in [1.29, 1.82) is 0 Å². The van der Waals surface area contributed by atoms with E-state index in [1.807, 2.05) is 0 Å². The lowest BCUT2D eigenvalue weighted by molar-refractivity contribution is -0.222. The fraction of sp³-hybridized carbons (Fsp3) is 0.444. The standard InChI is InChI=1S/C18H22ClNO5S/c1-17(2,3)26(23)20-13(10-11-6-8-12(19)9-7-11)14-15(21)24-18(4,5)25-16(14)22/h6-9,20H,10H2,1-5H3/t26-/m0/s1. The molecule has 26 heavy (non-hydrogen) atoms. The summed E-state index contributed by atoms with van der Waals surface area (Å²) in [4.78, 5) is 24.8. The minimum Gasteiger partial charge on any atom is -0.419 e. The first-order chi connectivity index (χ1) is 11.9. The summed E-state index contributed by atoms with van der Waals surface area (Å²) in [5.41, 5.74) is 0.684. The fourth-order valence-corrected chi connectivity index (χ4v) is 2.98. The SMILES string of the molecule is CC1(C)OC(=O)C(=C(Cc2ccc(Cl)cc2)N[S@@](=O)C(C)(C)C)C(=O)O1. The molecule has 1 heterocycles. The summed E-state index contributed by atoms with van der Waals surface area (Å²) in [6, 6.07) is 6.91. The van der Waals surface area contributed by atoms with Crippen LogP contribution in [-0.2, 0) is 36.5 Å². The van der Waals surface area contributed by atoms with Crippen LogP contribution in [0.3, 0.4) is 0 Å². The van der Waals surface area contributed by atoms with Crippen molar-refractivity contribution < 1.29 is 23.3 Å². The predicted molar refractivity (Wildman–Crippen MR) is 99.5 cm³/mol. The first-order valence-corrected chi connectivity index (χ1v) is 9.54. The van der Waals surface area contributed by atoms with Gasteiger partial charge in [0.2, 0.25) is 0 Å². The molecule has 0 saturated carbocycles. The Morgan fingerprint density at radius 3 is 2.08 bits per heavy atom. The summed E-state index contributed by atoms with van der Waals surface area (Å²) in [7, 11) is -1.55. The van der Waals surface area contributed by atoms with E-state index in [2.05, 4.69) is 4.72 Å².